The van der Waals surface area contributed by atoms with Crippen LogP contribution in [0.3, 0.4) is 0 Å². The van der Waals surface area contributed by atoms with Crippen molar-refractivity contribution in [2.45, 2.75) is 25.4 Å². The van der Waals surface area contributed by atoms with E-state index in [0.29, 0.717) is 0 Å². The Labute approximate surface area is 122 Å². The quantitative estimate of drug-likeness (QED) is 0.861. The second kappa shape index (κ2) is 5.84. The third-order valence-electron chi connectivity index (χ3n) is 3.57. The zero-order valence-corrected chi connectivity index (χ0v) is 12.1. The lowest BCUT2D eigenvalue weighted by molar-refractivity contribution is 0.0856. The van der Waals surface area contributed by atoms with E-state index < -0.39 is 0 Å². The van der Waals surface area contributed by atoms with Crippen molar-refractivity contribution < 1.29 is 14.3 Å². The number of thiophene rings is 1. The molecular formula is C16H16O3S. The smallest absolute Gasteiger partial charge is 0.151 e. The van der Waals surface area contributed by atoms with Crippen LogP contribution in [-0.4, -0.2) is 18.8 Å². The zero-order valence-electron chi connectivity index (χ0n) is 11.3. The minimum atomic E-state index is -0.152. The van der Waals surface area contributed by atoms with Crippen LogP contribution < -0.4 is 0 Å². The molecule has 2 aromatic rings. The molecule has 0 spiro atoms. The molecule has 2 heterocycles. The summed E-state index contributed by atoms with van der Waals surface area (Å²) in [6, 6.07) is 2.03. The Morgan fingerprint density at radius 1 is 1.55 bits per heavy atom. The van der Waals surface area contributed by atoms with Crippen molar-refractivity contribution in [1.82, 2.24) is 0 Å². The first kappa shape index (κ1) is 13.4. The first-order chi connectivity index (χ1) is 9.85. The summed E-state index contributed by atoms with van der Waals surface area (Å²) in [5.41, 5.74) is 2.99. The van der Waals surface area contributed by atoms with Crippen molar-refractivity contribution in [2.24, 2.45) is 0 Å². The lowest BCUT2D eigenvalue weighted by Gasteiger charge is -2.20. The third kappa shape index (κ3) is 2.29. The van der Waals surface area contributed by atoms with Gasteiger partial charge in [0, 0.05) is 30.0 Å². The third-order valence-corrected chi connectivity index (χ3v) is 4.26. The number of fused-ring (bicyclic) bond motifs is 1. The molecule has 3 rings (SSSR count). The molecule has 1 aliphatic rings. The van der Waals surface area contributed by atoms with Crippen molar-refractivity contribution in [3.05, 3.63) is 33.7 Å². The van der Waals surface area contributed by atoms with Gasteiger partial charge in [0.1, 0.15) is 12.4 Å². The number of hydrogen-bond acceptors (Lipinski definition) is 4. The van der Waals surface area contributed by atoms with Gasteiger partial charge in [-0.3, -0.25) is 0 Å². The van der Waals surface area contributed by atoms with Crippen LogP contribution in [0.15, 0.2) is 21.2 Å². The molecule has 0 amide bonds. The minimum absolute atomic E-state index is 0.0397. The number of hydrogen-bond donors (Lipinski definition) is 1. The second-order valence-electron chi connectivity index (χ2n) is 4.73. The lowest BCUT2D eigenvalue weighted by atomic mass is 9.91. The van der Waals surface area contributed by atoms with Gasteiger partial charge in [-0.25, -0.2) is 0 Å². The Morgan fingerprint density at radius 2 is 2.45 bits per heavy atom. The molecule has 0 aliphatic heterocycles. The fourth-order valence-electron chi connectivity index (χ4n) is 2.69. The van der Waals surface area contributed by atoms with Gasteiger partial charge in [0.25, 0.3) is 0 Å². The van der Waals surface area contributed by atoms with E-state index in [0.717, 1.165) is 47.5 Å². The highest BCUT2D eigenvalue weighted by Crippen LogP contribution is 2.41. The van der Waals surface area contributed by atoms with E-state index in [-0.39, 0.29) is 12.7 Å². The molecule has 20 heavy (non-hydrogen) atoms. The summed E-state index contributed by atoms with van der Waals surface area (Å²) in [5, 5.41) is 13.1. The summed E-state index contributed by atoms with van der Waals surface area (Å²) >= 11 is 1.63. The molecule has 4 heteroatoms. The van der Waals surface area contributed by atoms with Crippen molar-refractivity contribution in [1.29, 1.82) is 0 Å². The fraction of sp³-hybridized carbons (Fsp3) is 0.375. The molecule has 3 nitrogen and oxygen atoms in total. The highest BCUT2D eigenvalue weighted by molar-refractivity contribution is 7.08. The Hall–Kier alpha value is -1.54. The van der Waals surface area contributed by atoms with Gasteiger partial charge in [0.2, 0.25) is 0 Å². The predicted octanol–water partition coefficient (Wildman–Crippen LogP) is 3.38. The molecule has 0 saturated heterocycles. The number of rotatable bonds is 2. The van der Waals surface area contributed by atoms with Crippen molar-refractivity contribution in [3.63, 3.8) is 0 Å². The number of aliphatic hydroxyl groups excluding tert-OH is 1. The molecule has 0 saturated carbocycles. The average Bonchev–Trinajstić information content (AvgIpc) is 3.11. The highest BCUT2D eigenvalue weighted by Gasteiger charge is 2.29. The van der Waals surface area contributed by atoms with E-state index >= 15 is 0 Å². The Morgan fingerprint density at radius 3 is 3.15 bits per heavy atom. The summed E-state index contributed by atoms with van der Waals surface area (Å²) < 4.78 is 11.6. The topological polar surface area (TPSA) is 42.6 Å². The SMILES string of the molecule is COC1CCCc2oc(-c3ccsc3)c(C#CCO)c21. The van der Waals surface area contributed by atoms with Crippen LogP contribution in [-0.2, 0) is 11.2 Å². The fourth-order valence-corrected chi connectivity index (χ4v) is 3.33. The van der Waals surface area contributed by atoms with Crippen LogP contribution in [0, 0.1) is 11.8 Å². The van der Waals surface area contributed by atoms with E-state index in [1.54, 1.807) is 18.4 Å². The van der Waals surface area contributed by atoms with Gasteiger partial charge in [-0.2, -0.15) is 11.3 Å². The highest BCUT2D eigenvalue weighted by atomic mass is 32.1. The van der Waals surface area contributed by atoms with Crippen LogP contribution in [0.1, 0.15) is 35.8 Å². The zero-order chi connectivity index (χ0) is 13.9. The Kier molecular flexibility index (Phi) is 3.93. The summed E-state index contributed by atoms with van der Waals surface area (Å²) in [6.07, 6.45) is 3.01. The molecule has 0 bridgehead atoms. The maximum atomic E-state index is 8.98. The minimum Gasteiger partial charge on any atom is -0.459 e. The molecule has 0 radical (unpaired) electrons. The van der Waals surface area contributed by atoms with Gasteiger partial charge in [-0.1, -0.05) is 11.8 Å². The molecule has 2 aromatic heterocycles. The van der Waals surface area contributed by atoms with E-state index in [1.165, 1.54) is 0 Å². The number of methoxy groups -OCH3 is 1. The molecule has 1 N–H and O–H groups in total. The molecule has 1 atom stereocenters. The summed E-state index contributed by atoms with van der Waals surface area (Å²) in [4.78, 5) is 0. The van der Waals surface area contributed by atoms with Crippen LogP contribution in [0.4, 0.5) is 0 Å². The summed E-state index contributed by atoms with van der Waals surface area (Å²) in [5.74, 6) is 7.58. The largest absolute Gasteiger partial charge is 0.459 e. The summed E-state index contributed by atoms with van der Waals surface area (Å²) in [6.45, 7) is -0.152. The Bertz CT molecular complexity index is 643. The first-order valence-corrected chi connectivity index (χ1v) is 7.60. The van der Waals surface area contributed by atoms with E-state index in [4.69, 9.17) is 14.3 Å². The molecule has 0 fully saturated rings. The maximum absolute atomic E-state index is 8.98. The van der Waals surface area contributed by atoms with Crippen molar-refractivity contribution in [3.8, 4) is 23.2 Å². The Balaban J connectivity index is 2.18. The van der Waals surface area contributed by atoms with Gasteiger partial charge in [0.05, 0.1) is 11.7 Å². The van der Waals surface area contributed by atoms with Crippen LogP contribution in [0.5, 0.6) is 0 Å². The predicted molar refractivity (Wildman–Crippen MR) is 78.7 cm³/mol. The lowest BCUT2D eigenvalue weighted by Crippen LogP contribution is -2.10. The maximum Gasteiger partial charge on any atom is 0.151 e. The van der Waals surface area contributed by atoms with E-state index in [9.17, 15) is 0 Å². The second-order valence-corrected chi connectivity index (χ2v) is 5.51. The van der Waals surface area contributed by atoms with Gasteiger partial charge in [-0.05, 0) is 24.3 Å². The van der Waals surface area contributed by atoms with Crippen LogP contribution in [0.25, 0.3) is 11.3 Å². The molecule has 104 valence electrons. The molecular weight excluding hydrogens is 272 g/mol. The van der Waals surface area contributed by atoms with E-state index in [1.807, 2.05) is 11.4 Å². The first-order valence-electron chi connectivity index (χ1n) is 6.65. The van der Waals surface area contributed by atoms with E-state index in [2.05, 4.69) is 17.2 Å². The number of furan rings is 1. The summed E-state index contributed by atoms with van der Waals surface area (Å²) in [7, 11) is 1.72. The monoisotopic (exact) mass is 288 g/mol. The van der Waals surface area contributed by atoms with Crippen LogP contribution >= 0.6 is 11.3 Å². The van der Waals surface area contributed by atoms with Gasteiger partial charge in [-0.15, -0.1) is 0 Å². The average molecular weight is 288 g/mol. The van der Waals surface area contributed by atoms with Crippen molar-refractivity contribution >= 4 is 11.3 Å². The normalized spacial score (nSPS) is 17.4. The molecule has 0 aromatic carbocycles. The van der Waals surface area contributed by atoms with Gasteiger partial charge >= 0.3 is 0 Å². The molecule has 1 aliphatic carbocycles. The number of ether oxygens (including phenoxy) is 1. The number of aryl methyl sites for hydroxylation is 1. The number of aliphatic hydroxyl groups is 1. The van der Waals surface area contributed by atoms with Crippen molar-refractivity contribution in [2.75, 3.05) is 13.7 Å². The van der Waals surface area contributed by atoms with Gasteiger partial charge < -0.3 is 14.3 Å². The van der Waals surface area contributed by atoms with Crippen LogP contribution in [0.2, 0.25) is 0 Å². The standard InChI is InChI=1S/C16H16O3S/c1-18-13-5-2-6-14-15(13)12(4-3-8-17)16(19-14)11-7-9-20-10-11/h7,9-10,13,17H,2,5-6,8H2,1H3. The van der Waals surface area contributed by atoms with Gasteiger partial charge in [0.15, 0.2) is 5.76 Å². The molecule has 1 unspecified atom stereocenters.